The molecule has 16 heavy (non-hydrogen) atoms. The van der Waals surface area contributed by atoms with Crippen LogP contribution in [-0.2, 0) is 6.42 Å². The van der Waals surface area contributed by atoms with E-state index in [0.29, 0.717) is 5.92 Å². The van der Waals surface area contributed by atoms with Gasteiger partial charge < -0.3 is 4.52 Å². The molecule has 1 aromatic rings. The second-order valence-corrected chi connectivity index (χ2v) is 4.18. The molecule has 0 radical (unpaired) electrons. The average Bonchev–Trinajstić information content (AvgIpc) is 2.64. The van der Waals surface area contributed by atoms with E-state index >= 15 is 0 Å². The van der Waals surface area contributed by atoms with Crippen molar-refractivity contribution in [2.75, 3.05) is 0 Å². The van der Waals surface area contributed by atoms with Gasteiger partial charge in [0.15, 0.2) is 0 Å². The summed E-state index contributed by atoms with van der Waals surface area (Å²) in [5.74, 6) is 4.00. The van der Waals surface area contributed by atoms with Gasteiger partial charge in [-0.25, -0.2) is 0 Å². The predicted octanol–water partition coefficient (Wildman–Crippen LogP) is 3.52. The van der Waals surface area contributed by atoms with Gasteiger partial charge in [0, 0.05) is 12.5 Å². The highest BCUT2D eigenvalue weighted by Crippen LogP contribution is 2.22. The average molecular weight is 217 g/mol. The Morgan fingerprint density at radius 3 is 2.94 bits per heavy atom. The monoisotopic (exact) mass is 217 g/mol. The third kappa shape index (κ3) is 3.58. The molecule has 1 heterocycles. The van der Waals surface area contributed by atoms with Crippen molar-refractivity contribution >= 4 is 0 Å². The molecule has 2 nitrogen and oxygen atoms in total. The van der Waals surface area contributed by atoms with Crippen LogP contribution in [0.3, 0.4) is 0 Å². The fraction of sp³-hybridized carbons (Fsp3) is 0.500. The Hall–Kier alpha value is -1.49. The van der Waals surface area contributed by atoms with Gasteiger partial charge in [0.1, 0.15) is 5.76 Å². The van der Waals surface area contributed by atoms with Gasteiger partial charge in [0.25, 0.3) is 0 Å². The topological polar surface area (TPSA) is 26.0 Å². The Morgan fingerprint density at radius 2 is 2.44 bits per heavy atom. The summed E-state index contributed by atoms with van der Waals surface area (Å²) in [7, 11) is 0. The lowest BCUT2D eigenvalue weighted by atomic mass is 9.91. The fourth-order valence-electron chi connectivity index (χ4n) is 1.84. The lowest BCUT2D eigenvalue weighted by molar-refractivity contribution is 0.360. The van der Waals surface area contributed by atoms with Crippen LogP contribution < -0.4 is 0 Å². The van der Waals surface area contributed by atoms with Gasteiger partial charge >= 0.3 is 0 Å². The second kappa shape index (κ2) is 6.17. The SMILES string of the molecule is C#CC=C(C)C(CCC)Cc1cc(C)no1. The highest BCUT2D eigenvalue weighted by Gasteiger charge is 2.13. The smallest absolute Gasteiger partial charge is 0.137 e. The number of allylic oxidation sites excluding steroid dienone is 2. The molecule has 1 aromatic heterocycles. The molecule has 0 amide bonds. The summed E-state index contributed by atoms with van der Waals surface area (Å²) in [5.41, 5.74) is 2.18. The van der Waals surface area contributed by atoms with Gasteiger partial charge in [0.2, 0.25) is 0 Å². The van der Waals surface area contributed by atoms with E-state index in [2.05, 4.69) is 24.9 Å². The summed E-state index contributed by atoms with van der Waals surface area (Å²) < 4.78 is 5.24. The van der Waals surface area contributed by atoms with Gasteiger partial charge in [-0.05, 0) is 32.3 Å². The molecule has 1 unspecified atom stereocenters. The minimum absolute atomic E-state index is 0.466. The van der Waals surface area contributed by atoms with Crippen LogP contribution in [0.4, 0.5) is 0 Å². The maximum atomic E-state index is 5.30. The fourth-order valence-corrected chi connectivity index (χ4v) is 1.84. The van der Waals surface area contributed by atoms with Crippen LogP contribution in [0.5, 0.6) is 0 Å². The molecule has 0 aromatic carbocycles. The summed E-state index contributed by atoms with van der Waals surface area (Å²) in [6, 6.07) is 1.99. The Kier molecular flexibility index (Phi) is 4.85. The zero-order chi connectivity index (χ0) is 12.0. The first-order valence-corrected chi connectivity index (χ1v) is 5.72. The highest BCUT2D eigenvalue weighted by atomic mass is 16.5. The van der Waals surface area contributed by atoms with Crippen LogP contribution >= 0.6 is 0 Å². The van der Waals surface area contributed by atoms with Crippen LogP contribution in [-0.4, -0.2) is 5.16 Å². The van der Waals surface area contributed by atoms with Crippen LogP contribution in [0.1, 0.15) is 38.1 Å². The maximum Gasteiger partial charge on any atom is 0.137 e. The van der Waals surface area contributed by atoms with Crippen molar-refractivity contribution in [2.24, 2.45) is 5.92 Å². The lowest BCUT2D eigenvalue weighted by Gasteiger charge is -2.14. The van der Waals surface area contributed by atoms with Crippen LogP contribution in [0.2, 0.25) is 0 Å². The Labute approximate surface area is 97.7 Å². The standard InChI is InChI=1S/C14H19NO/c1-5-7-11(3)13(8-6-2)10-14-9-12(4)15-16-14/h1,7,9,13H,6,8,10H2,2-4H3. The quantitative estimate of drug-likeness (QED) is 0.705. The number of hydrogen-bond donors (Lipinski definition) is 0. The van der Waals surface area contributed by atoms with Crippen LogP contribution in [0, 0.1) is 25.2 Å². The Morgan fingerprint density at radius 1 is 1.69 bits per heavy atom. The minimum Gasteiger partial charge on any atom is -0.361 e. The molecule has 0 aliphatic rings. The largest absolute Gasteiger partial charge is 0.361 e. The predicted molar refractivity (Wildman–Crippen MR) is 65.9 cm³/mol. The van der Waals surface area contributed by atoms with Crippen molar-refractivity contribution in [2.45, 2.75) is 40.0 Å². The second-order valence-electron chi connectivity index (χ2n) is 4.18. The lowest BCUT2D eigenvalue weighted by Crippen LogP contribution is -2.05. The first kappa shape index (κ1) is 12.6. The van der Waals surface area contributed by atoms with Gasteiger partial charge in [-0.15, -0.1) is 6.42 Å². The van der Waals surface area contributed by atoms with E-state index in [1.54, 1.807) is 0 Å². The van der Waals surface area contributed by atoms with E-state index in [1.807, 2.05) is 19.1 Å². The normalized spacial score (nSPS) is 13.5. The molecule has 2 heteroatoms. The van der Waals surface area contributed by atoms with E-state index in [0.717, 1.165) is 30.7 Å². The van der Waals surface area contributed by atoms with Crippen molar-refractivity contribution in [3.8, 4) is 12.3 Å². The van der Waals surface area contributed by atoms with E-state index in [9.17, 15) is 0 Å². The zero-order valence-corrected chi connectivity index (χ0v) is 10.3. The first-order chi connectivity index (χ1) is 7.67. The van der Waals surface area contributed by atoms with Gasteiger partial charge in [-0.2, -0.15) is 0 Å². The van der Waals surface area contributed by atoms with Gasteiger partial charge in [-0.1, -0.05) is 30.0 Å². The number of hydrogen-bond acceptors (Lipinski definition) is 2. The van der Waals surface area contributed by atoms with Crippen molar-refractivity contribution in [1.29, 1.82) is 0 Å². The molecule has 0 fully saturated rings. The van der Waals surface area contributed by atoms with Gasteiger partial charge in [0.05, 0.1) is 5.69 Å². The van der Waals surface area contributed by atoms with Crippen LogP contribution in [0.15, 0.2) is 22.2 Å². The molecular formula is C14H19NO. The highest BCUT2D eigenvalue weighted by molar-refractivity contribution is 5.19. The molecular weight excluding hydrogens is 198 g/mol. The van der Waals surface area contributed by atoms with E-state index in [1.165, 1.54) is 5.57 Å². The van der Waals surface area contributed by atoms with E-state index < -0.39 is 0 Å². The van der Waals surface area contributed by atoms with Crippen molar-refractivity contribution < 1.29 is 4.52 Å². The third-order valence-electron chi connectivity index (χ3n) is 2.72. The molecule has 1 atom stereocenters. The van der Waals surface area contributed by atoms with Crippen molar-refractivity contribution in [3.63, 3.8) is 0 Å². The summed E-state index contributed by atoms with van der Waals surface area (Å²) in [4.78, 5) is 0. The molecule has 1 rings (SSSR count). The molecule has 0 saturated carbocycles. The molecule has 0 aliphatic carbocycles. The molecule has 0 N–H and O–H groups in total. The van der Waals surface area contributed by atoms with Gasteiger partial charge in [-0.3, -0.25) is 0 Å². The number of aryl methyl sites for hydroxylation is 1. The summed E-state index contributed by atoms with van der Waals surface area (Å²) >= 11 is 0. The Balaban J connectivity index is 2.72. The van der Waals surface area contributed by atoms with E-state index in [4.69, 9.17) is 10.9 Å². The molecule has 0 bridgehead atoms. The first-order valence-electron chi connectivity index (χ1n) is 5.72. The number of nitrogens with zero attached hydrogens (tertiary/aromatic N) is 1. The summed E-state index contributed by atoms with van der Waals surface area (Å²) in [6.45, 7) is 6.21. The number of rotatable bonds is 5. The maximum absolute atomic E-state index is 5.30. The molecule has 0 spiro atoms. The summed E-state index contributed by atoms with van der Waals surface area (Å²) in [5, 5.41) is 3.90. The molecule has 86 valence electrons. The number of terminal acetylenes is 1. The molecule has 0 saturated heterocycles. The molecule has 0 aliphatic heterocycles. The Bertz CT molecular complexity index is 395. The summed E-state index contributed by atoms with van der Waals surface area (Å²) in [6.07, 6.45) is 10.3. The minimum atomic E-state index is 0.466. The van der Waals surface area contributed by atoms with Crippen LogP contribution in [0.25, 0.3) is 0 Å². The third-order valence-corrected chi connectivity index (χ3v) is 2.72. The van der Waals surface area contributed by atoms with E-state index in [-0.39, 0.29) is 0 Å². The zero-order valence-electron chi connectivity index (χ0n) is 10.3. The number of aromatic nitrogens is 1. The van der Waals surface area contributed by atoms with Crippen molar-refractivity contribution in [1.82, 2.24) is 5.16 Å². The van der Waals surface area contributed by atoms with Crippen molar-refractivity contribution in [3.05, 3.63) is 29.2 Å².